The van der Waals surface area contributed by atoms with E-state index in [0.717, 1.165) is 15.6 Å². The number of hydrogen-bond donors (Lipinski definition) is 1. The highest BCUT2D eigenvalue weighted by Crippen LogP contribution is 2.22. The Morgan fingerprint density at radius 3 is 2.85 bits per heavy atom. The lowest BCUT2D eigenvalue weighted by molar-refractivity contribution is 0.626. The van der Waals surface area contributed by atoms with Gasteiger partial charge in [-0.2, -0.15) is 0 Å². The Kier molecular flexibility index (Phi) is 3.63. The van der Waals surface area contributed by atoms with Crippen LogP contribution in [0.3, 0.4) is 0 Å². The summed E-state index contributed by atoms with van der Waals surface area (Å²) in [5.41, 5.74) is 7.19. The van der Waals surface area contributed by atoms with Crippen LogP contribution in [0.1, 0.15) is 11.1 Å². The molecular formula is C10H11BrFN. The molecule has 0 amide bonds. The van der Waals surface area contributed by atoms with Crippen LogP contribution in [0.4, 0.5) is 4.39 Å². The average molecular weight is 244 g/mol. The molecule has 1 aromatic carbocycles. The van der Waals surface area contributed by atoms with E-state index >= 15 is 0 Å². The van der Waals surface area contributed by atoms with Crippen LogP contribution in [0.25, 0.3) is 6.08 Å². The number of halogens is 2. The zero-order valence-electron chi connectivity index (χ0n) is 7.35. The highest BCUT2D eigenvalue weighted by Gasteiger charge is 2.02. The van der Waals surface area contributed by atoms with E-state index in [1.165, 1.54) is 12.1 Å². The lowest BCUT2D eigenvalue weighted by atomic mass is 10.1. The lowest BCUT2D eigenvalue weighted by Gasteiger charge is -2.03. The van der Waals surface area contributed by atoms with Crippen LogP contribution in [-0.4, -0.2) is 6.54 Å². The maximum absolute atomic E-state index is 12.9. The first-order valence-electron chi connectivity index (χ1n) is 3.97. The van der Waals surface area contributed by atoms with Crippen molar-refractivity contribution in [2.75, 3.05) is 6.54 Å². The molecule has 1 rings (SSSR count). The molecule has 0 atom stereocenters. The van der Waals surface area contributed by atoms with Crippen molar-refractivity contribution in [3.63, 3.8) is 0 Å². The van der Waals surface area contributed by atoms with Gasteiger partial charge in [-0.1, -0.05) is 28.1 Å². The number of hydrogen-bond acceptors (Lipinski definition) is 1. The van der Waals surface area contributed by atoms with Crippen LogP contribution in [0, 0.1) is 12.7 Å². The molecule has 0 bridgehead atoms. The number of rotatable bonds is 2. The third kappa shape index (κ3) is 2.64. The van der Waals surface area contributed by atoms with E-state index in [-0.39, 0.29) is 5.82 Å². The molecule has 2 N–H and O–H groups in total. The molecule has 0 heterocycles. The fourth-order valence-corrected chi connectivity index (χ4v) is 1.48. The van der Waals surface area contributed by atoms with Gasteiger partial charge in [0.05, 0.1) is 0 Å². The monoisotopic (exact) mass is 243 g/mol. The van der Waals surface area contributed by atoms with Gasteiger partial charge in [0.25, 0.3) is 0 Å². The van der Waals surface area contributed by atoms with Crippen LogP contribution in [0.15, 0.2) is 22.7 Å². The summed E-state index contributed by atoms with van der Waals surface area (Å²) in [6.07, 6.45) is 3.62. The largest absolute Gasteiger partial charge is 0.327 e. The van der Waals surface area contributed by atoms with Gasteiger partial charge in [0.1, 0.15) is 5.82 Å². The fourth-order valence-electron chi connectivity index (χ4n) is 1.03. The zero-order valence-corrected chi connectivity index (χ0v) is 8.94. The van der Waals surface area contributed by atoms with Gasteiger partial charge in [0.15, 0.2) is 0 Å². The second kappa shape index (κ2) is 4.53. The molecule has 0 unspecified atom stereocenters. The summed E-state index contributed by atoms with van der Waals surface area (Å²) in [7, 11) is 0. The van der Waals surface area contributed by atoms with Crippen LogP contribution in [0.2, 0.25) is 0 Å². The molecule has 1 nitrogen and oxygen atoms in total. The smallest absolute Gasteiger partial charge is 0.124 e. The predicted octanol–water partition coefficient (Wildman–Crippen LogP) is 2.87. The zero-order chi connectivity index (χ0) is 9.84. The highest BCUT2D eigenvalue weighted by atomic mass is 79.9. The summed E-state index contributed by atoms with van der Waals surface area (Å²) < 4.78 is 13.7. The maximum atomic E-state index is 12.9. The molecule has 13 heavy (non-hydrogen) atoms. The molecule has 0 spiro atoms. The van der Waals surface area contributed by atoms with Crippen LogP contribution in [-0.2, 0) is 0 Å². The van der Waals surface area contributed by atoms with E-state index in [1.807, 2.05) is 13.0 Å². The molecule has 3 heteroatoms. The van der Waals surface area contributed by atoms with Gasteiger partial charge in [0, 0.05) is 11.0 Å². The van der Waals surface area contributed by atoms with Crippen LogP contribution < -0.4 is 5.73 Å². The molecular weight excluding hydrogens is 233 g/mol. The van der Waals surface area contributed by atoms with Gasteiger partial charge in [-0.15, -0.1) is 0 Å². The van der Waals surface area contributed by atoms with E-state index < -0.39 is 0 Å². The minimum atomic E-state index is -0.242. The standard InChI is InChI=1S/C10H11BrFN/c1-7-8(3-2-4-13)5-9(12)6-10(7)11/h2-3,5-6H,4,13H2,1H3/b3-2+. The number of nitrogens with two attached hydrogens (primary N) is 1. The van der Waals surface area contributed by atoms with Crippen molar-refractivity contribution in [1.29, 1.82) is 0 Å². The Morgan fingerprint density at radius 2 is 2.23 bits per heavy atom. The Morgan fingerprint density at radius 1 is 1.54 bits per heavy atom. The second-order valence-corrected chi connectivity index (χ2v) is 3.59. The normalized spacial score (nSPS) is 11.1. The first-order valence-corrected chi connectivity index (χ1v) is 4.76. The van der Waals surface area contributed by atoms with E-state index in [9.17, 15) is 4.39 Å². The van der Waals surface area contributed by atoms with Gasteiger partial charge in [-0.05, 0) is 30.2 Å². The Hall–Kier alpha value is -0.670. The summed E-state index contributed by atoms with van der Waals surface area (Å²) in [5, 5.41) is 0. The molecule has 0 radical (unpaired) electrons. The van der Waals surface area contributed by atoms with Crippen molar-refractivity contribution < 1.29 is 4.39 Å². The minimum Gasteiger partial charge on any atom is -0.327 e. The molecule has 1 aromatic rings. The molecule has 0 aliphatic rings. The molecule has 0 saturated heterocycles. The van der Waals surface area contributed by atoms with E-state index in [1.54, 1.807) is 6.08 Å². The second-order valence-electron chi connectivity index (χ2n) is 2.74. The van der Waals surface area contributed by atoms with E-state index in [0.29, 0.717) is 6.54 Å². The highest BCUT2D eigenvalue weighted by molar-refractivity contribution is 9.10. The maximum Gasteiger partial charge on any atom is 0.124 e. The molecule has 0 fully saturated rings. The Balaban J connectivity index is 3.12. The van der Waals surface area contributed by atoms with Gasteiger partial charge in [-0.3, -0.25) is 0 Å². The topological polar surface area (TPSA) is 26.0 Å². The Bertz CT molecular complexity index is 334. The van der Waals surface area contributed by atoms with Crippen LogP contribution >= 0.6 is 15.9 Å². The molecule has 0 aliphatic carbocycles. The predicted molar refractivity (Wildman–Crippen MR) is 56.9 cm³/mol. The van der Waals surface area contributed by atoms with Gasteiger partial charge < -0.3 is 5.73 Å². The summed E-state index contributed by atoms with van der Waals surface area (Å²) >= 11 is 3.28. The average Bonchev–Trinajstić information content (AvgIpc) is 2.09. The van der Waals surface area contributed by atoms with Gasteiger partial charge in [0.2, 0.25) is 0 Å². The van der Waals surface area contributed by atoms with Crippen molar-refractivity contribution >= 4 is 22.0 Å². The van der Waals surface area contributed by atoms with E-state index in [2.05, 4.69) is 15.9 Å². The minimum absolute atomic E-state index is 0.242. The summed E-state index contributed by atoms with van der Waals surface area (Å²) in [5.74, 6) is -0.242. The van der Waals surface area contributed by atoms with Crippen molar-refractivity contribution in [3.05, 3.63) is 39.6 Å². The summed E-state index contributed by atoms with van der Waals surface area (Å²) in [4.78, 5) is 0. The Labute approximate surface area is 85.6 Å². The quantitative estimate of drug-likeness (QED) is 0.850. The van der Waals surface area contributed by atoms with Gasteiger partial charge >= 0.3 is 0 Å². The van der Waals surface area contributed by atoms with Gasteiger partial charge in [-0.25, -0.2) is 4.39 Å². The molecule has 0 saturated carbocycles. The van der Waals surface area contributed by atoms with E-state index in [4.69, 9.17) is 5.73 Å². The summed E-state index contributed by atoms with van der Waals surface area (Å²) in [6.45, 7) is 2.40. The third-order valence-corrected chi connectivity index (χ3v) is 2.61. The number of benzene rings is 1. The third-order valence-electron chi connectivity index (χ3n) is 1.78. The first-order chi connectivity index (χ1) is 6.15. The fraction of sp³-hybridized carbons (Fsp3) is 0.200. The van der Waals surface area contributed by atoms with Crippen molar-refractivity contribution in [1.82, 2.24) is 0 Å². The first kappa shape index (κ1) is 10.4. The van der Waals surface area contributed by atoms with Crippen molar-refractivity contribution in [3.8, 4) is 0 Å². The lowest BCUT2D eigenvalue weighted by Crippen LogP contribution is -1.93. The van der Waals surface area contributed by atoms with Crippen LogP contribution in [0.5, 0.6) is 0 Å². The molecule has 0 aromatic heterocycles. The van der Waals surface area contributed by atoms with Crippen molar-refractivity contribution in [2.45, 2.75) is 6.92 Å². The molecule has 0 aliphatic heterocycles. The summed E-state index contributed by atoms with van der Waals surface area (Å²) in [6, 6.07) is 2.95. The SMILES string of the molecule is Cc1c(Br)cc(F)cc1/C=C/CN. The van der Waals surface area contributed by atoms with Crippen molar-refractivity contribution in [2.24, 2.45) is 5.73 Å². The molecule has 70 valence electrons.